The molecule has 0 rings (SSSR count). The lowest BCUT2D eigenvalue weighted by molar-refractivity contribution is -0.134. The zero-order valence-electron chi connectivity index (χ0n) is 3.51. The first-order valence-corrected chi connectivity index (χ1v) is 1.54. The molecule has 0 aromatic carbocycles. The number of rotatable bonds is 2. The minimum absolute atomic E-state index is 0.0833. The predicted octanol–water partition coefficient (Wildman–Crippen LogP) is 0.0745. The zero-order valence-corrected chi connectivity index (χ0v) is 3.51. The highest BCUT2D eigenvalue weighted by Gasteiger charge is 1.76. The molecule has 36 valence electrons. The highest BCUT2D eigenvalue weighted by molar-refractivity contribution is 5.71. The number of likely N-dealkylation sites (N-methyl/N-ethyl adjacent to an activating group) is 1. The molecule has 3 nitrogen and oxygen atoms in total. The Morgan fingerprint density at radius 2 is 2.50 bits per heavy atom. The highest BCUT2D eigenvalue weighted by atomic mass is 16.4. The highest BCUT2D eigenvalue weighted by Crippen LogP contribution is 1.72. The van der Waals surface area contributed by atoms with Gasteiger partial charge in [-0.25, -0.2) is 0 Å². The summed E-state index contributed by atoms with van der Waals surface area (Å²) in [5.41, 5.74) is 0. The minimum Gasteiger partial charge on any atom is -0.656 e. The number of hydrogen-bond donors (Lipinski definition) is 1. The van der Waals surface area contributed by atoms with Gasteiger partial charge < -0.3 is 10.4 Å². The maximum Gasteiger partial charge on any atom is 0.282 e. The fraction of sp³-hybridized carbons (Fsp3) is 0.667. The molecule has 0 aliphatic carbocycles. The van der Waals surface area contributed by atoms with Crippen LogP contribution in [0.4, 0.5) is 0 Å². The molecular weight excluding hydrogens is 82.0 g/mol. The van der Waals surface area contributed by atoms with Crippen LogP contribution in [0, 0.1) is 0 Å². The van der Waals surface area contributed by atoms with Crippen LogP contribution in [0.2, 0.25) is 0 Å². The summed E-state index contributed by atoms with van der Waals surface area (Å²) in [4.78, 5) is 9.51. The largest absolute Gasteiger partial charge is 0.656 e. The maximum absolute atomic E-state index is 9.51. The van der Waals surface area contributed by atoms with Crippen LogP contribution in [0.1, 0.15) is 0 Å². The van der Waals surface area contributed by atoms with Crippen LogP contribution in [0.5, 0.6) is 0 Å². The van der Waals surface area contributed by atoms with E-state index in [0.717, 1.165) is 0 Å². The SMILES string of the molecule is C[N-]CC(=O)O. The van der Waals surface area contributed by atoms with Gasteiger partial charge in [-0.05, 0) is 6.54 Å². The molecule has 0 saturated heterocycles. The number of carbonyl (C=O) groups is 1. The minimum atomic E-state index is -0.877. The summed E-state index contributed by atoms with van der Waals surface area (Å²) in [5.74, 6) is -0.877. The van der Waals surface area contributed by atoms with Crippen molar-refractivity contribution in [3.8, 4) is 0 Å². The van der Waals surface area contributed by atoms with Crippen LogP contribution < -0.4 is 0 Å². The van der Waals surface area contributed by atoms with E-state index in [-0.39, 0.29) is 6.54 Å². The van der Waals surface area contributed by atoms with E-state index in [2.05, 4.69) is 5.32 Å². The Labute approximate surface area is 36.0 Å². The molecular formula is C3H6NO2-. The van der Waals surface area contributed by atoms with E-state index in [0.29, 0.717) is 0 Å². The average Bonchev–Trinajstić information content (AvgIpc) is 1.35. The van der Waals surface area contributed by atoms with Gasteiger partial charge in [0.1, 0.15) is 0 Å². The van der Waals surface area contributed by atoms with Gasteiger partial charge in [-0.2, -0.15) is 7.05 Å². The van der Waals surface area contributed by atoms with Crippen LogP contribution in [0.25, 0.3) is 5.32 Å². The zero-order chi connectivity index (χ0) is 4.99. The van der Waals surface area contributed by atoms with E-state index < -0.39 is 5.97 Å². The molecule has 0 amide bonds. The molecule has 0 heterocycles. The Morgan fingerprint density at radius 3 is 2.50 bits per heavy atom. The van der Waals surface area contributed by atoms with E-state index in [4.69, 9.17) is 5.11 Å². The summed E-state index contributed by atoms with van der Waals surface area (Å²) < 4.78 is 0. The van der Waals surface area contributed by atoms with Crippen molar-refractivity contribution in [3.63, 3.8) is 0 Å². The second-order valence-electron chi connectivity index (χ2n) is 0.868. The van der Waals surface area contributed by atoms with Crippen LogP contribution in [0.15, 0.2) is 0 Å². The van der Waals surface area contributed by atoms with E-state index >= 15 is 0 Å². The van der Waals surface area contributed by atoms with Crippen molar-refractivity contribution in [2.45, 2.75) is 0 Å². The Kier molecular flexibility index (Phi) is 2.40. The number of carboxylic acid groups (broad SMARTS) is 1. The fourth-order valence-corrected chi connectivity index (χ4v) is 0.135. The summed E-state index contributed by atoms with van der Waals surface area (Å²) in [6, 6.07) is 0. The first-order valence-electron chi connectivity index (χ1n) is 1.54. The third-order valence-electron chi connectivity index (χ3n) is 0.293. The van der Waals surface area contributed by atoms with Gasteiger partial charge in [0.15, 0.2) is 0 Å². The lowest BCUT2D eigenvalue weighted by atomic mass is 10.7. The smallest absolute Gasteiger partial charge is 0.282 e. The van der Waals surface area contributed by atoms with E-state index in [1.165, 1.54) is 7.05 Å². The Morgan fingerprint density at radius 1 is 2.00 bits per heavy atom. The summed E-state index contributed by atoms with van der Waals surface area (Å²) in [7, 11) is 1.47. The van der Waals surface area contributed by atoms with Crippen molar-refractivity contribution < 1.29 is 9.90 Å². The van der Waals surface area contributed by atoms with Crippen molar-refractivity contribution >= 4 is 5.97 Å². The van der Waals surface area contributed by atoms with E-state index in [9.17, 15) is 4.79 Å². The molecule has 0 radical (unpaired) electrons. The van der Waals surface area contributed by atoms with Crippen LogP contribution in [-0.4, -0.2) is 24.7 Å². The predicted molar refractivity (Wildman–Crippen MR) is 21.8 cm³/mol. The molecule has 0 aliphatic rings. The number of hydrogen-bond acceptors (Lipinski definition) is 1. The van der Waals surface area contributed by atoms with Crippen molar-refractivity contribution in [3.05, 3.63) is 5.32 Å². The van der Waals surface area contributed by atoms with Gasteiger partial charge in [-0.15, -0.1) is 0 Å². The Hall–Kier alpha value is -0.570. The van der Waals surface area contributed by atoms with Gasteiger partial charge in [0.2, 0.25) is 0 Å². The topological polar surface area (TPSA) is 51.4 Å². The second kappa shape index (κ2) is 2.66. The molecule has 0 aromatic heterocycles. The van der Waals surface area contributed by atoms with Crippen molar-refractivity contribution in [1.29, 1.82) is 0 Å². The van der Waals surface area contributed by atoms with Crippen molar-refractivity contribution in [1.82, 2.24) is 0 Å². The molecule has 0 aliphatic heterocycles. The molecule has 6 heavy (non-hydrogen) atoms. The van der Waals surface area contributed by atoms with Gasteiger partial charge in [-0.1, -0.05) is 0 Å². The third-order valence-corrected chi connectivity index (χ3v) is 0.293. The van der Waals surface area contributed by atoms with Gasteiger partial charge in [0.05, 0.1) is 0 Å². The van der Waals surface area contributed by atoms with Gasteiger partial charge >= 0.3 is 0 Å². The van der Waals surface area contributed by atoms with E-state index in [1.807, 2.05) is 0 Å². The number of carboxylic acids is 1. The molecule has 3 heteroatoms. The second-order valence-corrected chi connectivity index (χ2v) is 0.868. The Balaban J connectivity index is 2.83. The normalized spacial score (nSPS) is 8.17. The monoisotopic (exact) mass is 88.0 g/mol. The number of aliphatic carboxylic acids is 1. The fourth-order valence-electron chi connectivity index (χ4n) is 0.135. The Bertz CT molecular complexity index is 52.8. The average molecular weight is 88.1 g/mol. The standard InChI is InChI=1S/C3H6NO2/c1-4-2-3(5)6/h2H2,1H3,(H,5,6)/q-1. The molecule has 0 atom stereocenters. The quantitative estimate of drug-likeness (QED) is 0.519. The third kappa shape index (κ3) is 3.43. The first-order chi connectivity index (χ1) is 2.77. The molecule has 0 unspecified atom stereocenters. The van der Waals surface area contributed by atoms with Gasteiger partial charge in [0.25, 0.3) is 5.97 Å². The molecule has 0 fully saturated rings. The molecule has 0 bridgehead atoms. The van der Waals surface area contributed by atoms with Crippen LogP contribution in [-0.2, 0) is 4.79 Å². The maximum atomic E-state index is 9.51. The summed E-state index contributed by atoms with van der Waals surface area (Å²) in [6.45, 7) is -0.0833. The van der Waals surface area contributed by atoms with Crippen molar-refractivity contribution in [2.75, 3.05) is 13.6 Å². The van der Waals surface area contributed by atoms with Crippen LogP contribution >= 0.6 is 0 Å². The summed E-state index contributed by atoms with van der Waals surface area (Å²) in [6.07, 6.45) is 0. The van der Waals surface area contributed by atoms with Gasteiger partial charge in [-0.3, -0.25) is 4.79 Å². The first kappa shape index (κ1) is 5.43. The molecule has 0 saturated carbocycles. The summed E-state index contributed by atoms with van der Waals surface area (Å²) in [5, 5.41) is 11.2. The lowest BCUT2D eigenvalue weighted by Crippen LogP contribution is -1.98. The molecule has 0 aromatic rings. The number of nitrogens with zero attached hydrogens (tertiary/aromatic N) is 1. The van der Waals surface area contributed by atoms with E-state index in [1.54, 1.807) is 0 Å². The van der Waals surface area contributed by atoms with Crippen LogP contribution in [0.3, 0.4) is 0 Å². The molecule has 1 N–H and O–H groups in total. The lowest BCUT2D eigenvalue weighted by Gasteiger charge is -2.01. The summed E-state index contributed by atoms with van der Waals surface area (Å²) >= 11 is 0. The van der Waals surface area contributed by atoms with Gasteiger partial charge in [0, 0.05) is 0 Å². The molecule has 0 spiro atoms. The van der Waals surface area contributed by atoms with Crippen molar-refractivity contribution in [2.24, 2.45) is 0 Å².